The summed E-state index contributed by atoms with van der Waals surface area (Å²) >= 11 is 0. The fourth-order valence-corrected chi connectivity index (χ4v) is 2.84. The Kier molecular flexibility index (Phi) is 4.59. The lowest BCUT2D eigenvalue weighted by Gasteiger charge is -2.35. The van der Waals surface area contributed by atoms with E-state index in [1.165, 1.54) is 24.0 Å². The van der Waals surface area contributed by atoms with Gasteiger partial charge in [-0.2, -0.15) is 8.78 Å². The summed E-state index contributed by atoms with van der Waals surface area (Å²) in [5, 5.41) is 0. The molecule has 1 unspecified atom stereocenters. The van der Waals surface area contributed by atoms with Gasteiger partial charge in [0.25, 0.3) is 5.91 Å². The molecule has 0 saturated carbocycles. The maximum Gasteiger partial charge on any atom is 0.319 e. The fourth-order valence-electron chi connectivity index (χ4n) is 2.84. The number of piperidine rings is 1. The van der Waals surface area contributed by atoms with E-state index in [0.29, 0.717) is 18.7 Å². The van der Waals surface area contributed by atoms with Crippen LogP contribution in [0.3, 0.4) is 0 Å². The van der Waals surface area contributed by atoms with Crippen LogP contribution in [0.25, 0.3) is 0 Å². The average Bonchev–Trinajstić information content (AvgIpc) is 2.80. The zero-order valence-electron chi connectivity index (χ0n) is 11.9. The molecule has 0 bridgehead atoms. The molecule has 0 aliphatic carbocycles. The molecule has 21 heavy (non-hydrogen) atoms. The van der Waals surface area contributed by atoms with Crippen LogP contribution in [0.4, 0.5) is 8.78 Å². The number of carbonyl (C=O) groups is 2. The molecular weight excluding hydrogens is 280 g/mol. The van der Waals surface area contributed by atoms with Crippen LogP contribution in [-0.4, -0.2) is 33.9 Å². The number of amides is 2. The maximum absolute atomic E-state index is 13.1. The van der Waals surface area contributed by atoms with Crippen LogP contribution in [0.1, 0.15) is 48.4 Å². The second kappa shape index (κ2) is 6.24. The summed E-state index contributed by atoms with van der Waals surface area (Å²) in [4.78, 5) is 25.2. The Balaban J connectivity index is 2.27. The Hall–Kier alpha value is -1.92. The Morgan fingerprint density at radius 1 is 1.38 bits per heavy atom. The first kappa shape index (κ1) is 15.5. The number of primary amides is 1. The van der Waals surface area contributed by atoms with Crippen molar-refractivity contribution in [1.82, 2.24) is 9.47 Å². The van der Waals surface area contributed by atoms with Crippen molar-refractivity contribution < 1.29 is 18.4 Å². The first-order chi connectivity index (χ1) is 9.91. The van der Waals surface area contributed by atoms with Crippen molar-refractivity contribution in [2.45, 2.75) is 45.2 Å². The van der Waals surface area contributed by atoms with Crippen molar-refractivity contribution in [3.8, 4) is 0 Å². The lowest BCUT2D eigenvalue weighted by Crippen LogP contribution is -2.46. The Labute approximate surface area is 121 Å². The Bertz CT molecular complexity index is 542. The molecule has 1 aromatic heterocycles. The van der Waals surface area contributed by atoms with E-state index in [-0.39, 0.29) is 18.2 Å². The van der Waals surface area contributed by atoms with Crippen LogP contribution >= 0.6 is 0 Å². The molecule has 1 aliphatic heterocycles. The van der Waals surface area contributed by atoms with Gasteiger partial charge in [-0.25, -0.2) is 0 Å². The molecule has 2 heterocycles. The second-order valence-corrected chi connectivity index (χ2v) is 5.33. The van der Waals surface area contributed by atoms with E-state index in [1.807, 2.05) is 0 Å². The number of halogens is 2. The normalized spacial score (nSPS) is 19.0. The van der Waals surface area contributed by atoms with E-state index in [2.05, 4.69) is 0 Å². The third-order valence-electron chi connectivity index (χ3n) is 3.86. The molecule has 2 amide bonds. The van der Waals surface area contributed by atoms with Gasteiger partial charge in [0.2, 0.25) is 5.91 Å². The number of alkyl halides is 2. The molecule has 1 saturated heterocycles. The molecule has 1 atom stereocenters. The van der Waals surface area contributed by atoms with Crippen LogP contribution in [0.5, 0.6) is 0 Å². The highest BCUT2D eigenvalue weighted by Crippen LogP contribution is 2.25. The van der Waals surface area contributed by atoms with E-state index in [9.17, 15) is 18.4 Å². The monoisotopic (exact) mass is 299 g/mol. The summed E-state index contributed by atoms with van der Waals surface area (Å²) in [6.07, 6.45) is 2.44. The SMILES string of the molecule is Cc1ccc(C(=O)N2CCCCC2CC(N)=O)n1C(F)F. The summed E-state index contributed by atoms with van der Waals surface area (Å²) in [5.41, 5.74) is 5.49. The van der Waals surface area contributed by atoms with Gasteiger partial charge in [0.15, 0.2) is 0 Å². The lowest BCUT2D eigenvalue weighted by molar-refractivity contribution is -0.119. The van der Waals surface area contributed by atoms with E-state index >= 15 is 0 Å². The maximum atomic E-state index is 13.1. The van der Waals surface area contributed by atoms with Crippen LogP contribution in [0.15, 0.2) is 12.1 Å². The van der Waals surface area contributed by atoms with E-state index in [1.54, 1.807) is 0 Å². The number of rotatable bonds is 4. The molecule has 7 heteroatoms. The minimum absolute atomic E-state index is 0.0427. The Morgan fingerprint density at radius 2 is 2.10 bits per heavy atom. The summed E-state index contributed by atoms with van der Waals surface area (Å²) in [7, 11) is 0. The minimum Gasteiger partial charge on any atom is -0.370 e. The van der Waals surface area contributed by atoms with Crippen LogP contribution in [0.2, 0.25) is 0 Å². The van der Waals surface area contributed by atoms with Gasteiger partial charge in [0.1, 0.15) is 5.69 Å². The fraction of sp³-hybridized carbons (Fsp3) is 0.571. The molecule has 0 radical (unpaired) electrons. The van der Waals surface area contributed by atoms with Gasteiger partial charge in [0.05, 0.1) is 0 Å². The van der Waals surface area contributed by atoms with Crippen molar-refractivity contribution in [3.63, 3.8) is 0 Å². The van der Waals surface area contributed by atoms with Gasteiger partial charge >= 0.3 is 6.55 Å². The predicted molar refractivity (Wildman–Crippen MR) is 72.9 cm³/mol. The highest BCUT2D eigenvalue weighted by atomic mass is 19.3. The molecule has 1 aromatic rings. The van der Waals surface area contributed by atoms with Gasteiger partial charge in [-0.05, 0) is 38.3 Å². The standard InChI is InChI=1S/C14H19F2N3O2/c1-9-5-6-11(19(9)14(15)16)13(21)18-7-3-2-4-10(18)8-12(17)20/h5-6,10,14H,2-4,7-8H2,1H3,(H2,17,20). The smallest absolute Gasteiger partial charge is 0.319 e. The first-order valence-electron chi connectivity index (χ1n) is 6.97. The molecular formula is C14H19F2N3O2. The molecule has 116 valence electrons. The number of aromatic nitrogens is 1. The number of hydrogen-bond donors (Lipinski definition) is 1. The van der Waals surface area contributed by atoms with Gasteiger partial charge in [0, 0.05) is 24.7 Å². The van der Waals surface area contributed by atoms with E-state index in [4.69, 9.17) is 5.73 Å². The van der Waals surface area contributed by atoms with Crippen molar-refractivity contribution in [2.75, 3.05) is 6.54 Å². The number of nitrogens with zero attached hydrogens (tertiary/aromatic N) is 2. The number of nitrogens with two attached hydrogens (primary N) is 1. The van der Waals surface area contributed by atoms with Crippen molar-refractivity contribution in [3.05, 3.63) is 23.5 Å². The van der Waals surface area contributed by atoms with Crippen molar-refractivity contribution in [2.24, 2.45) is 5.73 Å². The third kappa shape index (κ3) is 3.22. The average molecular weight is 299 g/mol. The topological polar surface area (TPSA) is 68.3 Å². The molecule has 5 nitrogen and oxygen atoms in total. The predicted octanol–water partition coefficient (Wildman–Crippen LogP) is 2.06. The van der Waals surface area contributed by atoms with Crippen LogP contribution < -0.4 is 5.73 Å². The second-order valence-electron chi connectivity index (χ2n) is 5.33. The highest BCUT2D eigenvalue weighted by Gasteiger charge is 2.31. The van der Waals surface area contributed by atoms with Crippen LogP contribution in [0, 0.1) is 6.92 Å². The van der Waals surface area contributed by atoms with E-state index < -0.39 is 18.4 Å². The first-order valence-corrected chi connectivity index (χ1v) is 6.97. The Morgan fingerprint density at radius 3 is 2.71 bits per heavy atom. The van der Waals surface area contributed by atoms with Gasteiger partial charge in [-0.3, -0.25) is 14.2 Å². The zero-order chi connectivity index (χ0) is 15.6. The molecule has 2 rings (SSSR count). The summed E-state index contributed by atoms with van der Waals surface area (Å²) < 4.78 is 26.9. The third-order valence-corrected chi connectivity index (χ3v) is 3.86. The van der Waals surface area contributed by atoms with Gasteiger partial charge in [-0.1, -0.05) is 0 Å². The summed E-state index contributed by atoms with van der Waals surface area (Å²) in [5.74, 6) is -0.950. The number of likely N-dealkylation sites (tertiary alicyclic amines) is 1. The molecule has 2 N–H and O–H groups in total. The van der Waals surface area contributed by atoms with Crippen molar-refractivity contribution in [1.29, 1.82) is 0 Å². The highest BCUT2D eigenvalue weighted by molar-refractivity contribution is 5.93. The van der Waals surface area contributed by atoms with E-state index in [0.717, 1.165) is 17.4 Å². The van der Waals surface area contributed by atoms with Crippen LogP contribution in [-0.2, 0) is 4.79 Å². The lowest BCUT2D eigenvalue weighted by atomic mass is 9.98. The molecule has 1 fully saturated rings. The molecule has 1 aliphatic rings. The molecule has 0 aromatic carbocycles. The minimum atomic E-state index is -2.77. The van der Waals surface area contributed by atoms with Gasteiger partial charge in [-0.15, -0.1) is 0 Å². The number of carbonyl (C=O) groups excluding carboxylic acids is 2. The molecule has 0 spiro atoms. The van der Waals surface area contributed by atoms with Crippen molar-refractivity contribution >= 4 is 11.8 Å². The quantitative estimate of drug-likeness (QED) is 0.924. The number of hydrogen-bond acceptors (Lipinski definition) is 2. The van der Waals surface area contributed by atoms with Gasteiger partial charge < -0.3 is 10.6 Å². The largest absolute Gasteiger partial charge is 0.370 e. The zero-order valence-corrected chi connectivity index (χ0v) is 11.9. The summed E-state index contributed by atoms with van der Waals surface area (Å²) in [6, 6.07) is 2.59. The number of aryl methyl sites for hydroxylation is 1. The summed E-state index contributed by atoms with van der Waals surface area (Å²) in [6.45, 7) is -0.775.